The Morgan fingerprint density at radius 3 is 3.00 bits per heavy atom. The van der Waals surface area contributed by atoms with Gasteiger partial charge in [-0.25, -0.2) is 4.98 Å². The van der Waals surface area contributed by atoms with E-state index in [4.69, 9.17) is 11.0 Å². The second-order valence-electron chi connectivity index (χ2n) is 5.76. The fraction of sp³-hybridized carbons (Fsp3) is 0.467. The number of nitrogens with zero attached hydrogens (tertiary/aromatic N) is 4. The van der Waals surface area contributed by atoms with Crippen LogP contribution in [-0.2, 0) is 0 Å². The van der Waals surface area contributed by atoms with Crippen LogP contribution in [0.2, 0.25) is 0 Å². The van der Waals surface area contributed by atoms with Gasteiger partial charge in [0.1, 0.15) is 0 Å². The molecule has 0 spiro atoms. The number of hydrogen-bond acceptors (Lipinski definition) is 4. The number of fused-ring (bicyclic) bond motifs is 2. The maximum absolute atomic E-state index is 9.09. The number of rotatable bonds is 1. The van der Waals surface area contributed by atoms with Gasteiger partial charge in [0.2, 0.25) is 5.95 Å². The highest BCUT2D eigenvalue weighted by atomic mass is 15.3. The number of nitrogen functional groups attached to an aromatic ring is 1. The molecular weight excluding hydrogens is 250 g/mol. The lowest BCUT2D eigenvalue weighted by atomic mass is 10.1. The zero-order valence-corrected chi connectivity index (χ0v) is 11.3. The summed E-state index contributed by atoms with van der Waals surface area (Å²) >= 11 is 0. The number of hydrogen-bond donors (Lipinski definition) is 1. The van der Waals surface area contributed by atoms with Gasteiger partial charge in [-0.15, -0.1) is 0 Å². The molecule has 3 heterocycles. The van der Waals surface area contributed by atoms with Gasteiger partial charge in [0.25, 0.3) is 0 Å². The lowest BCUT2D eigenvalue weighted by Gasteiger charge is -2.22. The fourth-order valence-corrected chi connectivity index (χ4v) is 3.89. The highest BCUT2D eigenvalue weighted by molar-refractivity contribution is 5.80. The van der Waals surface area contributed by atoms with Gasteiger partial charge >= 0.3 is 0 Å². The molecule has 2 N–H and O–H groups in total. The molecule has 0 aliphatic carbocycles. The predicted octanol–water partition coefficient (Wildman–Crippen LogP) is 1.90. The van der Waals surface area contributed by atoms with Crippen LogP contribution in [0.3, 0.4) is 0 Å². The van der Waals surface area contributed by atoms with E-state index in [1.165, 1.54) is 19.4 Å². The first-order chi connectivity index (χ1) is 9.78. The van der Waals surface area contributed by atoms with Gasteiger partial charge in [0.05, 0.1) is 28.7 Å². The Morgan fingerprint density at radius 2 is 2.15 bits per heavy atom. The molecule has 4 rings (SSSR count). The van der Waals surface area contributed by atoms with Gasteiger partial charge in [-0.3, -0.25) is 4.90 Å². The Hall–Kier alpha value is -2.06. The maximum Gasteiger partial charge on any atom is 0.201 e. The monoisotopic (exact) mass is 267 g/mol. The topological polar surface area (TPSA) is 70.9 Å². The van der Waals surface area contributed by atoms with E-state index in [-0.39, 0.29) is 0 Å². The largest absolute Gasteiger partial charge is 0.369 e. The molecule has 2 aliphatic rings. The first kappa shape index (κ1) is 11.7. The summed E-state index contributed by atoms with van der Waals surface area (Å²) in [6, 6.07) is 8.79. The van der Waals surface area contributed by atoms with Crippen LogP contribution in [0, 0.1) is 11.3 Å². The van der Waals surface area contributed by atoms with Crippen LogP contribution in [0.25, 0.3) is 11.0 Å². The molecule has 5 nitrogen and oxygen atoms in total. The molecule has 2 aliphatic heterocycles. The van der Waals surface area contributed by atoms with Crippen molar-refractivity contribution in [3.8, 4) is 6.07 Å². The summed E-state index contributed by atoms with van der Waals surface area (Å²) in [4.78, 5) is 7.02. The molecule has 1 aromatic heterocycles. The molecule has 5 heteroatoms. The second-order valence-corrected chi connectivity index (χ2v) is 5.76. The van der Waals surface area contributed by atoms with Crippen molar-refractivity contribution in [1.29, 1.82) is 5.26 Å². The number of imidazole rings is 1. The van der Waals surface area contributed by atoms with Crippen molar-refractivity contribution in [3.63, 3.8) is 0 Å². The molecule has 0 radical (unpaired) electrons. The van der Waals surface area contributed by atoms with Crippen molar-refractivity contribution in [2.24, 2.45) is 0 Å². The molecule has 0 bridgehead atoms. The molecule has 0 saturated carbocycles. The van der Waals surface area contributed by atoms with E-state index in [1.54, 1.807) is 6.07 Å². The number of anilines is 1. The van der Waals surface area contributed by atoms with Crippen LogP contribution in [0.5, 0.6) is 0 Å². The molecule has 2 fully saturated rings. The highest BCUT2D eigenvalue weighted by Crippen LogP contribution is 2.39. The fourth-order valence-electron chi connectivity index (χ4n) is 3.89. The molecule has 2 atom stereocenters. The molecule has 2 aromatic rings. The minimum absolute atomic E-state index is 0.399. The average Bonchev–Trinajstić information content (AvgIpc) is 3.11. The van der Waals surface area contributed by atoms with E-state index in [1.807, 2.05) is 12.1 Å². The third kappa shape index (κ3) is 1.55. The molecule has 2 saturated heterocycles. The predicted molar refractivity (Wildman–Crippen MR) is 77.1 cm³/mol. The van der Waals surface area contributed by atoms with Crippen molar-refractivity contribution >= 4 is 17.0 Å². The Labute approximate surface area is 117 Å². The minimum atomic E-state index is 0.399. The molecule has 20 heavy (non-hydrogen) atoms. The minimum Gasteiger partial charge on any atom is -0.369 e. The van der Waals surface area contributed by atoms with Gasteiger partial charge in [0.15, 0.2) is 0 Å². The molecule has 1 aromatic carbocycles. The van der Waals surface area contributed by atoms with Crippen LogP contribution < -0.4 is 5.73 Å². The van der Waals surface area contributed by atoms with Crippen LogP contribution in [0.1, 0.15) is 30.9 Å². The van der Waals surface area contributed by atoms with Crippen LogP contribution in [0.15, 0.2) is 18.2 Å². The van der Waals surface area contributed by atoms with Crippen LogP contribution >= 0.6 is 0 Å². The lowest BCUT2D eigenvalue weighted by Crippen LogP contribution is -2.28. The van der Waals surface area contributed by atoms with Gasteiger partial charge in [0, 0.05) is 12.6 Å². The summed E-state index contributed by atoms with van der Waals surface area (Å²) in [6.07, 6.45) is 3.63. The zero-order valence-electron chi connectivity index (χ0n) is 11.3. The first-order valence-corrected chi connectivity index (χ1v) is 7.19. The quantitative estimate of drug-likeness (QED) is 0.856. The van der Waals surface area contributed by atoms with E-state index >= 15 is 0 Å². The van der Waals surface area contributed by atoms with E-state index in [0.717, 1.165) is 24.0 Å². The van der Waals surface area contributed by atoms with E-state index in [2.05, 4.69) is 20.5 Å². The molecular formula is C15H17N5. The average molecular weight is 267 g/mol. The molecule has 102 valence electrons. The van der Waals surface area contributed by atoms with E-state index in [9.17, 15) is 0 Å². The summed E-state index contributed by atoms with van der Waals surface area (Å²) in [5.41, 5.74) is 8.71. The first-order valence-electron chi connectivity index (χ1n) is 7.19. The number of benzene rings is 1. The summed E-state index contributed by atoms with van der Waals surface area (Å²) < 4.78 is 2.16. The third-order valence-corrected chi connectivity index (χ3v) is 4.75. The number of nitriles is 1. The summed E-state index contributed by atoms with van der Waals surface area (Å²) in [7, 11) is 0. The van der Waals surface area contributed by atoms with Crippen LogP contribution in [-0.4, -0.2) is 33.6 Å². The Kier molecular flexibility index (Phi) is 2.48. The Morgan fingerprint density at radius 1 is 1.25 bits per heavy atom. The van der Waals surface area contributed by atoms with Gasteiger partial charge in [-0.2, -0.15) is 5.26 Å². The standard InChI is InChI=1S/C15H17N5/c16-9-10-3-4-11-14(8-10)20(15(17)18-11)13-5-7-19-6-1-2-12(13)19/h3-4,8,12-13H,1-2,5-7H2,(H2,17,18). The van der Waals surface area contributed by atoms with Crippen molar-refractivity contribution in [2.75, 3.05) is 18.8 Å². The van der Waals surface area contributed by atoms with Gasteiger partial charge < -0.3 is 10.3 Å². The van der Waals surface area contributed by atoms with E-state index in [0.29, 0.717) is 23.6 Å². The van der Waals surface area contributed by atoms with Gasteiger partial charge in [-0.05, 0) is 44.0 Å². The maximum atomic E-state index is 9.09. The van der Waals surface area contributed by atoms with Gasteiger partial charge in [-0.1, -0.05) is 0 Å². The lowest BCUT2D eigenvalue weighted by molar-refractivity contribution is 0.293. The van der Waals surface area contributed by atoms with Crippen LogP contribution in [0.4, 0.5) is 5.95 Å². The third-order valence-electron chi connectivity index (χ3n) is 4.75. The highest BCUT2D eigenvalue weighted by Gasteiger charge is 2.39. The zero-order chi connectivity index (χ0) is 13.7. The summed E-state index contributed by atoms with van der Waals surface area (Å²) in [6.45, 7) is 2.35. The van der Waals surface area contributed by atoms with Crippen molar-refractivity contribution in [2.45, 2.75) is 31.3 Å². The number of aromatic nitrogens is 2. The van der Waals surface area contributed by atoms with Crippen molar-refractivity contribution < 1.29 is 0 Å². The second kappa shape index (κ2) is 4.22. The van der Waals surface area contributed by atoms with E-state index < -0.39 is 0 Å². The summed E-state index contributed by atoms with van der Waals surface area (Å²) in [5, 5.41) is 9.09. The summed E-state index contributed by atoms with van der Waals surface area (Å²) in [5.74, 6) is 0.578. The Balaban J connectivity index is 1.86. The smallest absolute Gasteiger partial charge is 0.201 e. The van der Waals surface area contributed by atoms with Crippen molar-refractivity contribution in [3.05, 3.63) is 23.8 Å². The molecule has 2 unspecified atom stereocenters. The number of nitrogens with two attached hydrogens (primary N) is 1. The molecule has 0 amide bonds. The SMILES string of the molecule is N#Cc1ccc2nc(N)n(C3CCN4CCCC34)c2c1. The Bertz CT molecular complexity index is 711. The normalized spacial score (nSPS) is 25.9. The van der Waals surface area contributed by atoms with Crippen molar-refractivity contribution in [1.82, 2.24) is 14.5 Å².